The van der Waals surface area contributed by atoms with Crippen LogP contribution in [0.4, 0.5) is 0 Å². The van der Waals surface area contributed by atoms with Gasteiger partial charge in [-0.3, -0.25) is 9.59 Å². The second-order valence-corrected chi connectivity index (χ2v) is 9.08. The molecule has 34 heavy (non-hydrogen) atoms. The fourth-order valence-electron chi connectivity index (χ4n) is 5.21. The van der Waals surface area contributed by atoms with Gasteiger partial charge in [0.1, 0.15) is 0 Å². The monoisotopic (exact) mass is 466 g/mol. The van der Waals surface area contributed by atoms with Crippen molar-refractivity contribution < 1.29 is 23.8 Å². The van der Waals surface area contributed by atoms with Gasteiger partial charge < -0.3 is 24.0 Å². The Labute approximate surface area is 201 Å². The fraction of sp³-hybridized carbons (Fsp3) is 0.481. The number of nitrogens with zero attached hydrogens (tertiary/aromatic N) is 2. The number of aryl methyl sites for hydroxylation is 1. The summed E-state index contributed by atoms with van der Waals surface area (Å²) in [7, 11) is 4.74. The molecule has 2 aliphatic rings. The molecule has 2 saturated heterocycles. The van der Waals surface area contributed by atoms with Crippen LogP contribution in [0.3, 0.4) is 0 Å². The first kappa shape index (κ1) is 23.9. The lowest BCUT2D eigenvalue weighted by Crippen LogP contribution is -2.42. The van der Waals surface area contributed by atoms with E-state index in [4.69, 9.17) is 14.2 Å². The Bertz CT molecular complexity index is 1020. The average Bonchev–Trinajstić information content (AvgIpc) is 3.33. The third-order valence-electron chi connectivity index (χ3n) is 7.08. The molecule has 0 saturated carbocycles. The zero-order valence-electron chi connectivity index (χ0n) is 20.5. The van der Waals surface area contributed by atoms with E-state index in [1.807, 2.05) is 53.1 Å². The SMILES string of the molecule is COc1cc([C@@H]2CN(C(=O)c3ccccc3C)C[C@@H]2C(=O)N2CCCCC2)cc(OC)c1OC. The van der Waals surface area contributed by atoms with Crippen LogP contribution in [0.5, 0.6) is 17.2 Å². The minimum Gasteiger partial charge on any atom is -0.493 e. The van der Waals surface area contributed by atoms with E-state index < -0.39 is 0 Å². The highest BCUT2D eigenvalue weighted by Crippen LogP contribution is 2.44. The van der Waals surface area contributed by atoms with Crippen molar-refractivity contribution in [2.24, 2.45) is 5.92 Å². The minimum absolute atomic E-state index is 0.0375. The topological polar surface area (TPSA) is 68.3 Å². The first-order chi connectivity index (χ1) is 16.5. The molecule has 7 heteroatoms. The van der Waals surface area contributed by atoms with Gasteiger partial charge in [-0.05, 0) is 55.5 Å². The summed E-state index contributed by atoms with van der Waals surface area (Å²) in [5, 5.41) is 0. The van der Waals surface area contributed by atoms with Gasteiger partial charge in [-0.2, -0.15) is 0 Å². The summed E-state index contributed by atoms with van der Waals surface area (Å²) in [6.07, 6.45) is 3.21. The van der Waals surface area contributed by atoms with Gasteiger partial charge in [-0.15, -0.1) is 0 Å². The lowest BCUT2D eigenvalue weighted by Gasteiger charge is -2.31. The van der Waals surface area contributed by atoms with E-state index >= 15 is 0 Å². The van der Waals surface area contributed by atoms with E-state index in [1.54, 1.807) is 21.3 Å². The Morgan fingerprint density at radius 1 is 0.853 bits per heavy atom. The third kappa shape index (κ3) is 4.56. The summed E-state index contributed by atoms with van der Waals surface area (Å²) in [6.45, 7) is 4.35. The predicted octanol–water partition coefficient (Wildman–Crippen LogP) is 3.89. The van der Waals surface area contributed by atoms with Crippen molar-refractivity contribution in [1.82, 2.24) is 9.80 Å². The highest BCUT2D eigenvalue weighted by molar-refractivity contribution is 5.96. The molecule has 0 radical (unpaired) electrons. The van der Waals surface area contributed by atoms with Crippen molar-refractivity contribution >= 4 is 11.8 Å². The second kappa shape index (κ2) is 10.4. The smallest absolute Gasteiger partial charge is 0.254 e. The maximum Gasteiger partial charge on any atom is 0.254 e. The molecule has 0 unspecified atom stereocenters. The van der Waals surface area contributed by atoms with Crippen LogP contribution >= 0.6 is 0 Å². The third-order valence-corrected chi connectivity index (χ3v) is 7.08. The maximum absolute atomic E-state index is 13.7. The fourth-order valence-corrected chi connectivity index (χ4v) is 5.21. The zero-order valence-corrected chi connectivity index (χ0v) is 20.5. The number of piperidine rings is 1. The molecule has 2 aromatic carbocycles. The number of carbonyl (C=O) groups is 2. The quantitative estimate of drug-likeness (QED) is 0.646. The van der Waals surface area contributed by atoms with Crippen LogP contribution in [0.1, 0.15) is 46.7 Å². The number of carbonyl (C=O) groups excluding carboxylic acids is 2. The molecule has 2 fully saturated rings. The lowest BCUT2D eigenvalue weighted by atomic mass is 9.87. The normalized spacial score (nSPS) is 20.2. The number of hydrogen-bond acceptors (Lipinski definition) is 5. The number of ether oxygens (including phenoxy) is 3. The summed E-state index contributed by atoms with van der Waals surface area (Å²) < 4.78 is 16.6. The number of likely N-dealkylation sites (tertiary alicyclic amines) is 2. The van der Waals surface area contributed by atoms with Crippen molar-refractivity contribution in [3.63, 3.8) is 0 Å². The number of hydrogen-bond donors (Lipinski definition) is 0. The van der Waals surface area contributed by atoms with E-state index in [2.05, 4.69) is 0 Å². The Morgan fingerprint density at radius 2 is 1.50 bits per heavy atom. The van der Waals surface area contributed by atoms with Gasteiger partial charge in [-0.25, -0.2) is 0 Å². The highest BCUT2D eigenvalue weighted by Gasteiger charge is 2.43. The molecular weight excluding hydrogens is 432 g/mol. The van der Waals surface area contributed by atoms with Gasteiger partial charge in [0.05, 0.1) is 27.2 Å². The summed E-state index contributed by atoms with van der Waals surface area (Å²) in [4.78, 5) is 31.0. The molecule has 0 bridgehead atoms. The lowest BCUT2D eigenvalue weighted by molar-refractivity contribution is -0.136. The summed E-state index contributed by atoms with van der Waals surface area (Å²) in [5.74, 6) is 1.20. The van der Waals surface area contributed by atoms with Crippen LogP contribution in [-0.4, -0.2) is 69.1 Å². The molecule has 7 nitrogen and oxygen atoms in total. The van der Waals surface area contributed by atoms with Gasteiger partial charge in [0, 0.05) is 37.7 Å². The van der Waals surface area contributed by atoms with E-state index in [9.17, 15) is 9.59 Å². The molecule has 2 heterocycles. The van der Waals surface area contributed by atoms with Crippen LogP contribution < -0.4 is 14.2 Å². The minimum atomic E-state index is -0.325. The number of rotatable bonds is 6. The molecule has 0 N–H and O–H groups in total. The average molecular weight is 467 g/mol. The van der Waals surface area contributed by atoms with Crippen LogP contribution in [0, 0.1) is 12.8 Å². The molecule has 182 valence electrons. The summed E-state index contributed by atoms with van der Waals surface area (Å²) in [6, 6.07) is 11.4. The number of methoxy groups -OCH3 is 3. The van der Waals surface area contributed by atoms with E-state index in [-0.39, 0.29) is 23.7 Å². The van der Waals surface area contributed by atoms with Crippen LogP contribution in [0.15, 0.2) is 36.4 Å². The maximum atomic E-state index is 13.7. The van der Waals surface area contributed by atoms with Crippen molar-refractivity contribution in [1.29, 1.82) is 0 Å². The van der Waals surface area contributed by atoms with Gasteiger partial charge >= 0.3 is 0 Å². The highest BCUT2D eigenvalue weighted by atomic mass is 16.5. The standard InChI is InChI=1S/C27H34N2O5/c1-18-10-6-7-11-20(18)26(30)29-16-21(22(17-29)27(31)28-12-8-5-9-13-28)19-14-23(32-2)25(34-4)24(15-19)33-3/h6-7,10-11,14-15,21-22H,5,8-9,12-13,16-17H2,1-4H3/t21-,22-/m0/s1. The van der Waals surface area contributed by atoms with Crippen LogP contribution in [0.2, 0.25) is 0 Å². The Balaban J connectivity index is 1.71. The van der Waals surface area contributed by atoms with Crippen molar-refractivity contribution in [3.05, 3.63) is 53.1 Å². The first-order valence-electron chi connectivity index (χ1n) is 11.9. The molecule has 2 atom stereocenters. The first-order valence-corrected chi connectivity index (χ1v) is 11.9. The molecule has 2 aliphatic heterocycles. The van der Waals surface area contributed by atoms with E-state index in [1.165, 1.54) is 0 Å². The molecule has 2 aromatic rings. The van der Waals surface area contributed by atoms with Crippen LogP contribution in [-0.2, 0) is 4.79 Å². The van der Waals surface area contributed by atoms with Crippen molar-refractivity contribution in [2.75, 3.05) is 47.5 Å². The van der Waals surface area contributed by atoms with E-state index in [0.29, 0.717) is 35.9 Å². The number of benzene rings is 2. The molecular formula is C27H34N2O5. The summed E-state index contributed by atoms with van der Waals surface area (Å²) in [5.41, 5.74) is 2.52. The molecule has 0 aliphatic carbocycles. The van der Waals surface area contributed by atoms with Gasteiger partial charge in [0.25, 0.3) is 5.91 Å². The largest absolute Gasteiger partial charge is 0.493 e. The van der Waals surface area contributed by atoms with Gasteiger partial charge in [0.15, 0.2) is 11.5 Å². The second-order valence-electron chi connectivity index (χ2n) is 9.08. The summed E-state index contributed by atoms with van der Waals surface area (Å²) >= 11 is 0. The predicted molar refractivity (Wildman–Crippen MR) is 130 cm³/mol. The zero-order chi connectivity index (χ0) is 24.2. The molecule has 2 amide bonds. The van der Waals surface area contributed by atoms with Crippen LogP contribution in [0.25, 0.3) is 0 Å². The Kier molecular flexibility index (Phi) is 7.29. The Hall–Kier alpha value is -3.22. The number of amides is 2. The van der Waals surface area contributed by atoms with E-state index in [0.717, 1.165) is 43.5 Å². The molecule has 0 spiro atoms. The van der Waals surface area contributed by atoms with Crippen molar-refractivity contribution in [3.8, 4) is 17.2 Å². The van der Waals surface area contributed by atoms with Gasteiger partial charge in [0.2, 0.25) is 11.7 Å². The molecule has 4 rings (SSSR count). The van der Waals surface area contributed by atoms with Crippen molar-refractivity contribution in [2.45, 2.75) is 32.1 Å². The van der Waals surface area contributed by atoms with Gasteiger partial charge in [-0.1, -0.05) is 18.2 Å². The molecule has 0 aromatic heterocycles. The Morgan fingerprint density at radius 3 is 2.09 bits per heavy atom.